The second kappa shape index (κ2) is 3.26. The molecule has 72 valence electrons. The number of esters is 1. The number of rotatable bonds is 1. The molecular formula is C8H6ClN3O2. The number of halogens is 1. The molecular weight excluding hydrogens is 206 g/mol. The largest absolute Gasteiger partial charge is 0.465 e. The summed E-state index contributed by atoms with van der Waals surface area (Å²) < 4.78 is 4.59. The van der Waals surface area contributed by atoms with E-state index in [1.54, 1.807) is 12.1 Å². The van der Waals surface area contributed by atoms with Crippen molar-refractivity contribution >= 4 is 28.6 Å². The SMILES string of the molecule is COC(=O)c1c(Cl)ccc2[nH]nnc12. The van der Waals surface area contributed by atoms with Crippen LogP contribution in [-0.2, 0) is 4.74 Å². The van der Waals surface area contributed by atoms with Crippen LogP contribution in [0.25, 0.3) is 11.0 Å². The zero-order valence-corrected chi connectivity index (χ0v) is 8.00. The van der Waals surface area contributed by atoms with Gasteiger partial charge in [0.05, 0.1) is 17.6 Å². The number of benzene rings is 1. The summed E-state index contributed by atoms with van der Waals surface area (Å²) in [5.41, 5.74) is 1.31. The van der Waals surface area contributed by atoms with Gasteiger partial charge in [-0.3, -0.25) is 5.10 Å². The molecule has 0 aliphatic carbocycles. The number of aromatic nitrogens is 3. The van der Waals surface area contributed by atoms with E-state index in [1.165, 1.54) is 7.11 Å². The third kappa shape index (κ3) is 1.22. The quantitative estimate of drug-likeness (QED) is 0.724. The van der Waals surface area contributed by atoms with Crippen LogP contribution in [-0.4, -0.2) is 28.5 Å². The first-order chi connectivity index (χ1) is 6.74. The molecule has 0 fully saturated rings. The van der Waals surface area contributed by atoms with Crippen LogP contribution < -0.4 is 0 Å². The number of methoxy groups -OCH3 is 1. The Bertz CT molecular complexity index is 494. The summed E-state index contributed by atoms with van der Waals surface area (Å²) in [4.78, 5) is 11.4. The van der Waals surface area contributed by atoms with Gasteiger partial charge in [-0.1, -0.05) is 16.8 Å². The average Bonchev–Trinajstić information content (AvgIpc) is 2.64. The lowest BCUT2D eigenvalue weighted by Crippen LogP contribution is -2.03. The molecule has 2 rings (SSSR count). The van der Waals surface area contributed by atoms with Crippen molar-refractivity contribution < 1.29 is 9.53 Å². The van der Waals surface area contributed by atoms with E-state index >= 15 is 0 Å². The average molecular weight is 212 g/mol. The summed E-state index contributed by atoms with van der Waals surface area (Å²) in [5, 5.41) is 10.3. The molecule has 0 unspecified atom stereocenters. The van der Waals surface area contributed by atoms with Gasteiger partial charge in [-0.2, -0.15) is 0 Å². The summed E-state index contributed by atoms with van der Waals surface area (Å²) in [6, 6.07) is 3.29. The molecule has 0 amide bonds. The van der Waals surface area contributed by atoms with Crippen LogP contribution in [0.2, 0.25) is 5.02 Å². The Morgan fingerprint density at radius 2 is 2.36 bits per heavy atom. The number of H-pyrrole nitrogens is 1. The van der Waals surface area contributed by atoms with Crippen LogP contribution in [0.4, 0.5) is 0 Å². The van der Waals surface area contributed by atoms with E-state index < -0.39 is 5.97 Å². The number of ether oxygens (including phenoxy) is 1. The first kappa shape index (κ1) is 8.96. The molecule has 1 heterocycles. The number of hydrogen-bond acceptors (Lipinski definition) is 4. The molecule has 0 saturated heterocycles. The van der Waals surface area contributed by atoms with Gasteiger partial charge in [0.25, 0.3) is 0 Å². The molecule has 0 bridgehead atoms. The second-order valence-corrected chi connectivity index (χ2v) is 3.03. The lowest BCUT2D eigenvalue weighted by Gasteiger charge is -2.01. The topological polar surface area (TPSA) is 67.9 Å². The van der Waals surface area contributed by atoms with Crippen molar-refractivity contribution in [2.75, 3.05) is 7.11 Å². The van der Waals surface area contributed by atoms with Crippen LogP contribution in [0, 0.1) is 0 Å². The summed E-state index contributed by atoms with van der Waals surface area (Å²) in [6.45, 7) is 0. The maximum atomic E-state index is 11.4. The van der Waals surface area contributed by atoms with Crippen molar-refractivity contribution in [3.63, 3.8) is 0 Å². The van der Waals surface area contributed by atoms with Gasteiger partial charge in [-0.05, 0) is 12.1 Å². The van der Waals surface area contributed by atoms with Crippen molar-refractivity contribution in [3.05, 3.63) is 22.7 Å². The molecule has 1 aromatic heterocycles. The number of aromatic amines is 1. The third-order valence-corrected chi connectivity index (χ3v) is 2.15. The Balaban J connectivity index is 2.76. The highest BCUT2D eigenvalue weighted by Crippen LogP contribution is 2.23. The third-order valence-electron chi connectivity index (χ3n) is 1.84. The maximum Gasteiger partial charge on any atom is 0.341 e. The molecule has 1 aromatic carbocycles. The summed E-state index contributed by atoms with van der Waals surface area (Å²) in [5.74, 6) is -0.519. The predicted molar refractivity (Wildman–Crippen MR) is 50.2 cm³/mol. The van der Waals surface area contributed by atoms with Crippen molar-refractivity contribution in [3.8, 4) is 0 Å². The molecule has 0 aliphatic heterocycles. The van der Waals surface area contributed by atoms with Gasteiger partial charge in [0, 0.05) is 0 Å². The van der Waals surface area contributed by atoms with E-state index in [2.05, 4.69) is 20.1 Å². The molecule has 0 radical (unpaired) electrons. The van der Waals surface area contributed by atoms with Gasteiger partial charge in [-0.15, -0.1) is 5.10 Å². The molecule has 0 spiro atoms. The molecule has 1 N–H and O–H groups in total. The van der Waals surface area contributed by atoms with Crippen LogP contribution >= 0.6 is 11.6 Å². The van der Waals surface area contributed by atoms with E-state index in [9.17, 15) is 4.79 Å². The number of carbonyl (C=O) groups excluding carboxylic acids is 1. The van der Waals surface area contributed by atoms with Crippen LogP contribution in [0.5, 0.6) is 0 Å². The number of hydrogen-bond donors (Lipinski definition) is 1. The molecule has 5 nitrogen and oxygen atoms in total. The molecule has 0 atom stereocenters. The predicted octanol–water partition coefficient (Wildman–Crippen LogP) is 1.40. The smallest absolute Gasteiger partial charge is 0.341 e. The normalized spacial score (nSPS) is 10.4. The number of nitrogens with one attached hydrogen (secondary N) is 1. The van der Waals surface area contributed by atoms with E-state index in [-0.39, 0.29) is 5.56 Å². The lowest BCUT2D eigenvalue weighted by atomic mass is 10.2. The van der Waals surface area contributed by atoms with Crippen LogP contribution in [0.3, 0.4) is 0 Å². The van der Waals surface area contributed by atoms with Crippen molar-refractivity contribution in [1.82, 2.24) is 15.4 Å². The highest BCUT2D eigenvalue weighted by molar-refractivity contribution is 6.35. The molecule has 14 heavy (non-hydrogen) atoms. The van der Waals surface area contributed by atoms with Gasteiger partial charge >= 0.3 is 5.97 Å². The second-order valence-electron chi connectivity index (χ2n) is 2.62. The van der Waals surface area contributed by atoms with E-state index in [1.807, 2.05) is 0 Å². The Kier molecular flexibility index (Phi) is 2.09. The maximum absolute atomic E-state index is 11.4. The fourth-order valence-electron chi connectivity index (χ4n) is 1.19. The Labute approximate surface area is 84.0 Å². The lowest BCUT2D eigenvalue weighted by molar-refractivity contribution is 0.0603. The van der Waals surface area contributed by atoms with Gasteiger partial charge < -0.3 is 4.74 Å². The van der Waals surface area contributed by atoms with Crippen molar-refractivity contribution in [2.24, 2.45) is 0 Å². The van der Waals surface area contributed by atoms with Crippen molar-refractivity contribution in [2.45, 2.75) is 0 Å². The van der Waals surface area contributed by atoms with Gasteiger partial charge in [-0.25, -0.2) is 4.79 Å². The molecule has 0 aliphatic rings. The molecule has 2 aromatic rings. The highest BCUT2D eigenvalue weighted by Gasteiger charge is 2.17. The number of fused-ring (bicyclic) bond motifs is 1. The van der Waals surface area contributed by atoms with Gasteiger partial charge in [0.15, 0.2) is 0 Å². The number of nitrogens with zero attached hydrogens (tertiary/aromatic N) is 2. The first-order valence-corrected chi connectivity index (χ1v) is 4.19. The zero-order valence-electron chi connectivity index (χ0n) is 7.24. The van der Waals surface area contributed by atoms with Gasteiger partial charge in [0.2, 0.25) is 0 Å². The minimum Gasteiger partial charge on any atom is -0.465 e. The molecule has 0 saturated carbocycles. The highest BCUT2D eigenvalue weighted by atomic mass is 35.5. The Hall–Kier alpha value is -1.62. The number of carbonyl (C=O) groups is 1. The Morgan fingerprint density at radius 1 is 1.57 bits per heavy atom. The minimum absolute atomic E-state index is 0.236. The minimum atomic E-state index is -0.519. The van der Waals surface area contributed by atoms with E-state index in [4.69, 9.17) is 11.6 Å². The molecule has 6 heteroatoms. The Morgan fingerprint density at radius 3 is 3.07 bits per heavy atom. The zero-order chi connectivity index (χ0) is 10.1. The fourth-order valence-corrected chi connectivity index (χ4v) is 1.42. The van der Waals surface area contributed by atoms with E-state index in [0.29, 0.717) is 16.1 Å². The monoisotopic (exact) mass is 211 g/mol. The van der Waals surface area contributed by atoms with Crippen molar-refractivity contribution in [1.29, 1.82) is 0 Å². The van der Waals surface area contributed by atoms with E-state index in [0.717, 1.165) is 0 Å². The first-order valence-electron chi connectivity index (χ1n) is 3.81. The van der Waals surface area contributed by atoms with Crippen LogP contribution in [0.1, 0.15) is 10.4 Å². The summed E-state index contributed by atoms with van der Waals surface area (Å²) in [7, 11) is 1.29. The summed E-state index contributed by atoms with van der Waals surface area (Å²) >= 11 is 5.85. The fraction of sp³-hybridized carbons (Fsp3) is 0.125. The summed E-state index contributed by atoms with van der Waals surface area (Å²) in [6.07, 6.45) is 0. The van der Waals surface area contributed by atoms with Gasteiger partial charge in [0.1, 0.15) is 11.1 Å². The van der Waals surface area contributed by atoms with Crippen LogP contribution in [0.15, 0.2) is 12.1 Å². The standard InChI is InChI=1S/C8H6ClN3O2/c1-14-8(13)6-4(9)2-3-5-7(6)11-12-10-5/h2-3H,1H3,(H,10,11,12).